The summed E-state index contributed by atoms with van der Waals surface area (Å²) in [6.45, 7) is 5.53. The van der Waals surface area contributed by atoms with E-state index in [1.807, 2.05) is 53.5 Å². The fourth-order valence-electron chi connectivity index (χ4n) is 5.52. The molecule has 3 aromatic rings. The average molecular weight is 490 g/mol. The highest BCUT2D eigenvalue weighted by Gasteiger charge is 2.40. The van der Waals surface area contributed by atoms with Gasteiger partial charge in [0.15, 0.2) is 5.11 Å². The van der Waals surface area contributed by atoms with Gasteiger partial charge in [-0.2, -0.15) is 5.10 Å². The quantitative estimate of drug-likeness (QED) is 0.447. The number of nitrogens with zero attached hydrogens (tertiary/aromatic N) is 5. The van der Waals surface area contributed by atoms with E-state index in [0.717, 1.165) is 42.7 Å². The molecule has 0 spiro atoms. The van der Waals surface area contributed by atoms with Crippen molar-refractivity contribution in [2.24, 2.45) is 11.8 Å². The van der Waals surface area contributed by atoms with Crippen LogP contribution in [0.4, 0.5) is 5.69 Å². The van der Waals surface area contributed by atoms with Gasteiger partial charge in [-0.25, -0.2) is 4.68 Å². The van der Waals surface area contributed by atoms with Crippen LogP contribution in [-0.4, -0.2) is 75.5 Å². The second-order valence-electron chi connectivity index (χ2n) is 9.86. The van der Waals surface area contributed by atoms with E-state index in [-0.39, 0.29) is 0 Å². The first-order valence-electron chi connectivity index (χ1n) is 12.6. The van der Waals surface area contributed by atoms with E-state index in [4.69, 9.17) is 12.2 Å². The summed E-state index contributed by atoms with van der Waals surface area (Å²) in [5.74, 6) is 1.56. The number of pyridine rings is 1. The van der Waals surface area contributed by atoms with Gasteiger partial charge >= 0.3 is 0 Å². The molecule has 6 rings (SSSR count). The monoisotopic (exact) mass is 489 g/mol. The first-order chi connectivity index (χ1) is 17.1. The highest BCUT2D eigenvalue weighted by atomic mass is 32.1. The van der Waals surface area contributed by atoms with Gasteiger partial charge in [-0.1, -0.05) is 6.07 Å². The molecule has 4 unspecified atom stereocenters. The Morgan fingerprint density at radius 1 is 1.14 bits per heavy atom. The normalized spacial score (nSPS) is 23.4. The van der Waals surface area contributed by atoms with Crippen molar-refractivity contribution in [3.63, 3.8) is 0 Å². The van der Waals surface area contributed by atoms with Crippen molar-refractivity contribution in [2.75, 3.05) is 45.1 Å². The van der Waals surface area contributed by atoms with Crippen LogP contribution in [-0.2, 0) is 6.42 Å². The van der Waals surface area contributed by atoms with E-state index in [2.05, 4.69) is 49.7 Å². The maximum atomic E-state index is 5.58. The summed E-state index contributed by atoms with van der Waals surface area (Å²) in [6, 6.07) is 16.8. The van der Waals surface area contributed by atoms with Gasteiger partial charge in [-0.15, -0.1) is 0 Å². The Hall–Kier alpha value is -2.81. The summed E-state index contributed by atoms with van der Waals surface area (Å²) < 4.78 is 1.85. The first kappa shape index (κ1) is 23.9. The van der Waals surface area contributed by atoms with E-state index in [9.17, 15) is 0 Å². The molecule has 0 radical (unpaired) electrons. The molecule has 2 bridgehead atoms. The average Bonchev–Trinajstić information content (AvgIpc) is 3.43. The Balaban J connectivity index is 1.05. The van der Waals surface area contributed by atoms with Crippen LogP contribution in [0, 0.1) is 11.8 Å². The van der Waals surface area contributed by atoms with E-state index in [1.165, 1.54) is 38.2 Å². The van der Waals surface area contributed by atoms with Gasteiger partial charge in [-0.05, 0) is 93.0 Å². The minimum atomic E-state index is 0.561. The molecular formula is C27H35N7S. The van der Waals surface area contributed by atoms with Gasteiger partial charge in [0.05, 0.1) is 5.69 Å². The van der Waals surface area contributed by atoms with Gasteiger partial charge in [-0.3, -0.25) is 9.88 Å². The van der Waals surface area contributed by atoms with E-state index in [0.29, 0.717) is 11.2 Å². The molecular weight excluding hydrogens is 454 g/mol. The molecule has 35 heavy (non-hydrogen) atoms. The molecule has 3 aliphatic heterocycles. The molecule has 3 fully saturated rings. The molecule has 8 heteroatoms. The lowest BCUT2D eigenvalue weighted by atomic mass is 9.75. The van der Waals surface area contributed by atoms with E-state index >= 15 is 0 Å². The Kier molecular flexibility index (Phi) is 7.71. The number of nitrogens with one attached hydrogen (secondary N) is 2. The van der Waals surface area contributed by atoms with Gasteiger partial charge < -0.3 is 15.5 Å². The number of likely N-dealkylation sites (N-methyl/N-ethyl adjacent to an activating group) is 1. The van der Waals surface area contributed by atoms with Crippen molar-refractivity contribution < 1.29 is 0 Å². The highest BCUT2D eigenvalue weighted by molar-refractivity contribution is 7.80. The van der Waals surface area contributed by atoms with Gasteiger partial charge in [0.25, 0.3) is 0 Å². The lowest BCUT2D eigenvalue weighted by Crippen LogP contribution is -2.58. The van der Waals surface area contributed by atoms with E-state index in [1.54, 1.807) is 6.20 Å². The molecule has 7 nitrogen and oxygen atoms in total. The Bertz CT molecular complexity index is 1070. The number of benzene rings is 1. The SMILES string of the molecule is CN(CCc1ccccn1)CC1CN2CCC1CC2CNC(=S)Nc1ccc(-n2cccn2)cc1. The van der Waals surface area contributed by atoms with Gasteiger partial charge in [0.2, 0.25) is 0 Å². The Morgan fingerprint density at radius 3 is 2.74 bits per heavy atom. The summed E-state index contributed by atoms with van der Waals surface area (Å²) >= 11 is 5.58. The third kappa shape index (κ3) is 6.25. The summed E-state index contributed by atoms with van der Waals surface area (Å²) in [5, 5.41) is 11.7. The molecule has 3 aliphatic rings. The van der Waals surface area contributed by atoms with Crippen LogP contribution in [0.2, 0.25) is 0 Å². The summed E-state index contributed by atoms with van der Waals surface area (Å²) in [7, 11) is 2.26. The molecule has 4 atom stereocenters. The predicted molar refractivity (Wildman–Crippen MR) is 145 cm³/mol. The molecule has 3 saturated heterocycles. The van der Waals surface area contributed by atoms with Gasteiger partial charge in [0.1, 0.15) is 0 Å². The number of hydrogen-bond acceptors (Lipinski definition) is 5. The fourth-order valence-corrected chi connectivity index (χ4v) is 5.72. The number of fused-ring (bicyclic) bond motifs is 3. The summed E-state index contributed by atoms with van der Waals surface area (Å²) in [6.07, 6.45) is 9.20. The van der Waals surface area contributed by atoms with Crippen LogP contribution in [0.3, 0.4) is 0 Å². The lowest BCUT2D eigenvalue weighted by Gasteiger charge is -2.50. The number of piperidine rings is 3. The van der Waals surface area contributed by atoms with Crippen LogP contribution in [0.25, 0.3) is 5.69 Å². The predicted octanol–water partition coefficient (Wildman–Crippen LogP) is 3.44. The second-order valence-corrected chi connectivity index (χ2v) is 10.3. The Morgan fingerprint density at radius 2 is 2.03 bits per heavy atom. The molecule has 2 aromatic heterocycles. The maximum absolute atomic E-state index is 5.58. The second kappa shape index (κ2) is 11.3. The standard InChI is InChI=1S/C27H35N7S/c1-32(15-11-23-5-2-3-12-28-23)19-22-20-33-16-10-21(22)17-26(33)18-29-27(35)31-24-6-8-25(9-7-24)34-14-4-13-30-34/h2-9,12-14,21-22,26H,10-11,15-20H2,1H3,(H2,29,31,35). The number of thiocarbonyl (C=S) groups is 1. The molecule has 184 valence electrons. The largest absolute Gasteiger partial charge is 0.361 e. The summed E-state index contributed by atoms with van der Waals surface area (Å²) in [4.78, 5) is 9.62. The lowest BCUT2D eigenvalue weighted by molar-refractivity contribution is -0.00757. The van der Waals surface area contributed by atoms with Crippen LogP contribution < -0.4 is 10.6 Å². The number of aromatic nitrogens is 3. The fraction of sp³-hybridized carbons (Fsp3) is 0.444. The topological polar surface area (TPSA) is 61.3 Å². The van der Waals surface area contributed by atoms with Crippen molar-refractivity contribution >= 4 is 23.0 Å². The van der Waals surface area contributed by atoms with Crippen molar-refractivity contribution in [3.8, 4) is 5.69 Å². The summed E-state index contributed by atoms with van der Waals surface area (Å²) in [5.41, 5.74) is 3.19. The first-order valence-corrected chi connectivity index (χ1v) is 13.0. The zero-order chi connectivity index (χ0) is 24.0. The third-order valence-electron chi connectivity index (χ3n) is 7.43. The van der Waals surface area contributed by atoms with Crippen molar-refractivity contribution in [2.45, 2.75) is 25.3 Å². The Labute approximate surface area is 213 Å². The third-order valence-corrected chi connectivity index (χ3v) is 7.67. The van der Waals surface area contributed by atoms with Crippen molar-refractivity contribution in [3.05, 3.63) is 72.8 Å². The minimum absolute atomic E-state index is 0.561. The smallest absolute Gasteiger partial charge is 0.170 e. The van der Waals surface area contributed by atoms with Crippen LogP contribution >= 0.6 is 12.2 Å². The zero-order valence-corrected chi connectivity index (χ0v) is 21.2. The molecule has 0 saturated carbocycles. The van der Waals surface area contributed by atoms with E-state index < -0.39 is 0 Å². The zero-order valence-electron chi connectivity index (χ0n) is 20.4. The van der Waals surface area contributed by atoms with Gasteiger partial charge in [0, 0.05) is 68.6 Å². The van der Waals surface area contributed by atoms with Crippen LogP contribution in [0.1, 0.15) is 18.5 Å². The maximum Gasteiger partial charge on any atom is 0.170 e. The van der Waals surface area contributed by atoms with Crippen molar-refractivity contribution in [1.82, 2.24) is 29.9 Å². The minimum Gasteiger partial charge on any atom is -0.361 e. The molecule has 2 N–H and O–H groups in total. The number of anilines is 1. The van der Waals surface area contributed by atoms with Crippen LogP contribution in [0.15, 0.2) is 67.1 Å². The molecule has 0 aliphatic carbocycles. The molecule has 1 aromatic carbocycles. The van der Waals surface area contributed by atoms with Crippen LogP contribution in [0.5, 0.6) is 0 Å². The molecule has 0 amide bonds. The molecule has 5 heterocycles. The number of hydrogen-bond donors (Lipinski definition) is 2. The number of rotatable bonds is 9. The van der Waals surface area contributed by atoms with Crippen molar-refractivity contribution in [1.29, 1.82) is 0 Å². The highest BCUT2D eigenvalue weighted by Crippen LogP contribution is 2.36.